The Kier molecular flexibility index (Phi) is 7.61. The van der Waals surface area contributed by atoms with Crippen LogP contribution >= 0.6 is 39.1 Å². The zero-order chi connectivity index (χ0) is 15.2. The lowest BCUT2D eigenvalue weighted by atomic mass is 10.2. The highest BCUT2D eigenvalue weighted by Gasteiger charge is 2.06. The monoisotopic (exact) mass is 403 g/mol. The summed E-state index contributed by atoms with van der Waals surface area (Å²) in [4.78, 5) is 0. The molecule has 114 valence electrons. The van der Waals surface area contributed by atoms with Crippen molar-refractivity contribution in [3.05, 3.63) is 26.7 Å². The molecule has 0 unspecified atom stereocenters. The first-order valence-corrected chi connectivity index (χ1v) is 9.34. The van der Waals surface area contributed by atoms with Crippen LogP contribution in [0.5, 0.6) is 5.75 Å². The number of ether oxygens (including phenoxy) is 1. The first kappa shape index (κ1) is 18.0. The molecule has 2 N–H and O–H groups in total. The highest BCUT2D eigenvalue weighted by atomic mass is 79.9. The third kappa shape index (κ3) is 7.13. The molecule has 0 atom stereocenters. The number of primary sulfonamides is 1. The van der Waals surface area contributed by atoms with Gasteiger partial charge in [0.2, 0.25) is 10.0 Å². The van der Waals surface area contributed by atoms with E-state index in [1.807, 2.05) is 0 Å². The molecule has 0 fully saturated rings. The number of rotatable bonds is 8. The Morgan fingerprint density at radius 1 is 1.10 bits per heavy atom. The molecule has 0 heterocycles. The molecule has 1 aromatic carbocycles. The second-order valence-corrected chi connectivity index (χ2v) is 7.73. The molecule has 0 aromatic heterocycles. The molecule has 8 heteroatoms. The van der Waals surface area contributed by atoms with E-state index in [9.17, 15) is 8.42 Å². The van der Waals surface area contributed by atoms with Gasteiger partial charge in [-0.1, -0.05) is 36.0 Å². The van der Waals surface area contributed by atoms with Crippen molar-refractivity contribution < 1.29 is 13.2 Å². The summed E-state index contributed by atoms with van der Waals surface area (Å²) in [6.07, 6.45) is 3.06. The number of hydrogen-bond acceptors (Lipinski definition) is 3. The third-order valence-electron chi connectivity index (χ3n) is 2.56. The molecule has 0 saturated carbocycles. The van der Waals surface area contributed by atoms with E-state index in [-0.39, 0.29) is 5.75 Å². The molecule has 0 radical (unpaired) electrons. The number of benzene rings is 1. The molecule has 1 aromatic rings. The molecule has 0 spiro atoms. The number of unbranched alkanes of at least 4 members (excludes halogenated alkanes) is 3. The minimum Gasteiger partial charge on any atom is -0.492 e. The second kappa shape index (κ2) is 8.44. The summed E-state index contributed by atoms with van der Waals surface area (Å²) in [5, 5.41) is 5.95. The van der Waals surface area contributed by atoms with Gasteiger partial charge in [-0.05, 0) is 34.8 Å². The fourth-order valence-electron chi connectivity index (χ4n) is 1.56. The average molecular weight is 405 g/mol. The van der Waals surface area contributed by atoms with Gasteiger partial charge >= 0.3 is 0 Å². The van der Waals surface area contributed by atoms with Crippen LogP contribution in [0.2, 0.25) is 10.0 Å². The lowest BCUT2D eigenvalue weighted by molar-refractivity contribution is 0.305. The molecule has 0 aliphatic carbocycles. The summed E-state index contributed by atoms with van der Waals surface area (Å²) in [6, 6.07) is 3.35. The first-order chi connectivity index (χ1) is 9.29. The summed E-state index contributed by atoms with van der Waals surface area (Å²) < 4.78 is 27.7. The van der Waals surface area contributed by atoms with Crippen molar-refractivity contribution >= 4 is 49.2 Å². The molecule has 20 heavy (non-hydrogen) atoms. The largest absolute Gasteiger partial charge is 0.492 e. The van der Waals surface area contributed by atoms with E-state index in [1.165, 1.54) is 0 Å². The number of sulfonamides is 1. The van der Waals surface area contributed by atoms with Crippen LogP contribution in [0.1, 0.15) is 25.7 Å². The quantitative estimate of drug-likeness (QED) is 0.526. The third-order valence-corrected chi connectivity index (χ3v) is 4.91. The lowest BCUT2D eigenvalue weighted by Gasteiger charge is -2.09. The summed E-state index contributed by atoms with van der Waals surface area (Å²) in [5.41, 5.74) is 0. The average Bonchev–Trinajstić information content (AvgIpc) is 2.32. The van der Waals surface area contributed by atoms with Gasteiger partial charge in [-0.15, -0.1) is 0 Å². The molecule has 0 bridgehead atoms. The van der Waals surface area contributed by atoms with Crippen molar-refractivity contribution in [3.63, 3.8) is 0 Å². The van der Waals surface area contributed by atoms with E-state index in [2.05, 4.69) is 15.9 Å². The Balaban J connectivity index is 2.23. The van der Waals surface area contributed by atoms with Crippen LogP contribution in [0.4, 0.5) is 0 Å². The van der Waals surface area contributed by atoms with E-state index < -0.39 is 10.0 Å². The van der Waals surface area contributed by atoms with Gasteiger partial charge < -0.3 is 4.74 Å². The smallest absolute Gasteiger partial charge is 0.209 e. The first-order valence-electron chi connectivity index (χ1n) is 6.07. The van der Waals surface area contributed by atoms with E-state index >= 15 is 0 Å². The molecule has 0 saturated heterocycles. The summed E-state index contributed by atoms with van der Waals surface area (Å²) in [5.74, 6) is 0.576. The molecular formula is C12H16BrCl2NO3S. The van der Waals surface area contributed by atoms with E-state index in [0.29, 0.717) is 28.8 Å². The van der Waals surface area contributed by atoms with Gasteiger partial charge in [0.25, 0.3) is 0 Å². The van der Waals surface area contributed by atoms with E-state index in [0.717, 1.165) is 23.7 Å². The van der Waals surface area contributed by atoms with Gasteiger partial charge in [-0.25, -0.2) is 13.6 Å². The van der Waals surface area contributed by atoms with Crippen LogP contribution < -0.4 is 9.88 Å². The standard InChI is InChI=1S/C12H16BrCl2NO3S/c13-9-7-11(15)12(8-10(9)14)19-5-3-1-2-4-6-20(16,17)18/h7-8H,1-6H2,(H2,16,17,18). The van der Waals surface area contributed by atoms with Crippen molar-refractivity contribution in [2.75, 3.05) is 12.4 Å². The van der Waals surface area contributed by atoms with Gasteiger partial charge in [0.05, 0.1) is 22.4 Å². The molecule has 1 rings (SSSR count). The maximum atomic E-state index is 10.7. The van der Waals surface area contributed by atoms with Gasteiger partial charge in [-0.3, -0.25) is 0 Å². The Labute approximate surface area is 137 Å². The SMILES string of the molecule is NS(=O)(=O)CCCCCCOc1cc(Cl)c(Br)cc1Cl. The maximum absolute atomic E-state index is 10.7. The van der Waals surface area contributed by atoms with Crippen LogP contribution in [-0.2, 0) is 10.0 Å². The topological polar surface area (TPSA) is 69.4 Å². The van der Waals surface area contributed by atoms with Crippen LogP contribution in [-0.4, -0.2) is 20.8 Å². The zero-order valence-corrected chi connectivity index (χ0v) is 14.7. The Hall–Kier alpha value is -0.0100. The van der Waals surface area contributed by atoms with Crippen molar-refractivity contribution in [1.29, 1.82) is 0 Å². The minimum absolute atomic E-state index is 0.0298. The number of nitrogens with two attached hydrogens (primary N) is 1. The van der Waals surface area contributed by atoms with Crippen molar-refractivity contribution in [1.82, 2.24) is 0 Å². The number of hydrogen-bond donors (Lipinski definition) is 1. The Bertz CT molecular complexity index is 552. The summed E-state index contributed by atoms with van der Waals surface area (Å²) in [7, 11) is -3.34. The molecule has 0 aliphatic heterocycles. The van der Waals surface area contributed by atoms with Crippen LogP contribution in [0.3, 0.4) is 0 Å². The Morgan fingerprint density at radius 2 is 1.75 bits per heavy atom. The minimum atomic E-state index is -3.34. The van der Waals surface area contributed by atoms with Gasteiger partial charge in [0, 0.05) is 10.5 Å². The van der Waals surface area contributed by atoms with E-state index in [4.69, 9.17) is 33.1 Å². The van der Waals surface area contributed by atoms with Crippen molar-refractivity contribution in [2.45, 2.75) is 25.7 Å². The summed E-state index contributed by atoms with van der Waals surface area (Å²) in [6.45, 7) is 0.507. The van der Waals surface area contributed by atoms with Crippen molar-refractivity contribution in [2.24, 2.45) is 5.14 Å². The zero-order valence-electron chi connectivity index (χ0n) is 10.7. The van der Waals surface area contributed by atoms with Crippen LogP contribution in [0.25, 0.3) is 0 Å². The molecule has 0 aliphatic rings. The van der Waals surface area contributed by atoms with E-state index in [1.54, 1.807) is 12.1 Å². The predicted molar refractivity (Wildman–Crippen MR) is 86.1 cm³/mol. The predicted octanol–water partition coefficient (Wildman–Crippen LogP) is 3.98. The van der Waals surface area contributed by atoms with Gasteiger partial charge in [-0.2, -0.15) is 0 Å². The highest BCUT2D eigenvalue weighted by Crippen LogP contribution is 2.34. The fourth-order valence-corrected chi connectivity index (χ4v) is 3.01. The maximum Gasteiger partial charge on any atom is 0.209 e. The number of halogens is 3. The summed E-state index contributed by atoms with van der Waals surface area (Å²) >= 11 is 15.3. The van der Waals surface area contributed by atoms with Crippen LogP contribution in [0.15, 0.2) is 16.6 Å². The molecule has 0 amide bonds. The van der Waals surface area contributed by atoms with Gasteiger partial charge in [0.1, 0.15) is 5.75 Å². The fraction of sp³-hybridized carbons (Fsp3) is 0.500. The lowest BCUT2D eigenvalue weighted by Crippen LogP contribution is -2.16. The highest BCUT2D eigenvalue weighted by molar-refractivity contribution is 9.10. The normalized spacial score (nSPS) is 11.6. The second-order valence-electron chi connectivity index (χ2n) is 4.33. The van der Waals surface area contributed by atoms with Crippen molar-refractivity contribution in [3.8, 4) is 5.75 Å². The van der Waals surface area contributed by atoms with Gasteiger partial charge in [0.15, 0.2) is 0 Å². The Morgan fingerprint density at radius 3 is 2.40 bits per heavy atom. The molecular weight excluding hydrogens is 389 g/mol. The molecule has 4 nitrogen and oxygen atoms in total. The van der Waals surface area contributed by atoms with Crippen LogP contribution in [0, 0.1) is 0 Å².